The minimum absolute atomic E-state index is 0.203. The van der Waals surface area contributed by atoms with E-state index in [-0.39, 0.29) is 24.6 Å². The maximum atomic E-state index is 13.9. The zero-order valence-corrected chi connectivity index (χ0v) is 17.4. The van der Waals surface area contributed by atoms with Crippen LogP contribution in [-0.2, 0) is 14.3 Å². The van der Waals surface area contributed by atoms with Crippen LogP contribution in [0.2, 0.25) is 0 Å². The number of carbonyl (C=O) groups excluding carboxylic acids is 3. The fourth-order valence-corrected chi connectivity index (χ4v) is 3.52. The Morgan fingerprint density at radius 1 is 1.06 bits per heavy atom. The number of likely N-dealkylation sites (tertiary alicyclic amines) is 1. The number of hydrogen-bond acceptors (Lipinski definition) is 4. The minimum Gasteiger partial charge on any atom is -0.452 e. The molecule has 1 unspecified atom stereocenters. The van der Waals surface area contributed by atoms with Crippen molar-refractivity contribution in [2.45, 2.75) is 25.9 Å². The molecule has 2 amide bonds. The number of esters is 1. The molecule has 1 aliphatic rings. The highest BCUT2D eigenvalue weighted by Gasteiger charge is 2.32. The van der Waals surface area contributed by atoms with Crippen molar-refractivity contribution in [2.75, 3.05) is 25.0 Å². The van der Waals surface area contributed by atoms with E-state index in [0.29, 0.717) is 24.6 Å². The number of ether oxygens (including phenoxy) is 1. The molecule has 1 fully saturated rings. The molecule has 1 atom stereocenters. The molecular formula is C23H24F2N2O4. The molecule has 0 radical (unpaired) electrons. The highest BCUT2D eigenvalue weighted by molar-refractivity contribution is 5.97. The maximum Gasteiger partial charge on any atom is 0.309 e. The largest absolute Gasteiger partial charge is 0.452 e. The monoisotopic (exact) mass is 430 g/mol. The lowest BCUT2D eigenvalue weighted by Gasteiger charge is -2.31. The van der Waals surface area contributed by atoms with Gasteiger partial charge in [0.1, 0.15) is 11.6 Å². The molecule has 0 N–H and O–H groups in total. The van der Waals surface area contributed by atoms with E-state index in [9.17, 15) is 23.2 Å². The molecule has 0 spiro atoms. The number of rotatable bonds is 5. The SMILES string of the molecule is CC(OC(=O)C1CCN(C(=O)c2ccc(F)cc2F)CC1)C(=O)N(C)c1ccccc1. The third-order valence-electron chi connectivity index (χ3n) is 5.39. The Hall–Kier alpha value is -3.29. The predicted molar refractivity (Wildman–Crippen MR) is 110 cm³/mol. The molecule has 31 heavy (non-hydrogen) atoms. The average molecular weight is 430 g/mol. The quantitative estimate of drug-likeness (QED) is 0.682. The normalized spacial score (nSPS) is 15.3. The van der Waals surface area contributed by atoms with Crippen molar-refractivity contribution in [3.63, 3.8) is 0 Å². The van der Waals surface area contributed by atoms with Crippen LogP contribution in [0, 0.1) is 17.6 Å². The summed E-state index contributed by atoms with van der Waals surface area (Å²) >= 11 is 0. The number of carbonyl (C=O) groups is 3. The van der Waals surface area contributed by atoms with E-state index in [1.807, 2.05) is 18.2 Å². The summed E-state index contributed by atoms with van der Waals surface area (Å²) in [5.41, 5.74) is 0.487. The lowest BCUT2D eigenvalue weighted by molar-refractivity contribution is -0.159. The third kappa shape index (κ3) is 5.25. The van der Waals surface area contributed by atoms with Crippen LogP contribution in [0.4, 0.5) is 14.5 Å². The van der Waals surface area contributed by atoms with Gasteiger partial charge in [-0.05, 0) is 44.0 Å². The Kier molecular flexibility index (Phi) is 6.99. The lowest BCUT2D eigenvalue weighted by Crippen LogP contribution is -2.43. The first-order chi connectivity index (χ1) is 14.8. The standard InChI is InChI=1S/C23H24F2N2O4/c1-15(21(28)26(2)18-6-4-3-5-7-18)31-23(30)16-10-12-27(13-11-16)22(29)19-9-8-17(24)14-20(19)25/h3-9,14-16H,10-13H2,1-2H3. The molecular weight excluding hydrogens is 406 g/mol. The van der Waals surface area contributed by atoms with Crippen molar-refractivity contribution >= 4 is 23.5 Å². The fraction of sp³-hybridized carbons (Fsp3) is 0.348. The Bertz CT molecular complexity index is 959. The molecule has 0 aliphatic carbocycles. The number of para-hydroxylation sites is 1. The highest BCUT2D eigenvalue weighted by atomic mass is 19.1. The number of amides is 2. The van der Waals surface area contributed by atoms with Crippen LogP contribution in [0.15, 0.2) is 48.5 Å². The molecule has 1 saturated heterocycles. The van der Waals surface area contributed by atoms with Gasteiger partial charge in [0, 0.05) is 31.9 Å². The van der Waals surface area contributed by atoms with Gasteiger partial charge in [-0.1, -0.05) is 18.2 Å². The number of piperidine rings is 1. The summed E-state index contributed by atoms with van der Waals surface area (Å²) in [5, 5.41) is 0. The van der Waals surface area contributed by atoms with E-state index in [1.165, 1.54) is 16.7 Å². The van der Waals surface area contributed by atoms with Crippen molar-refractivity contribution in [1.82, 2.24) is 4.90 Å². The third-order valence-corrected chi connectivity index (χ3v) is 5.39. The molecule has 2 aromatic rings. The van der Waals surface area contributed by atoms with Crippen LogP contribution in [0.3, 0.4) is 0 Å². The molecule has 1 heterocycles. The lowest BCUT2D eigenvalue weighted by atomic mass is 9.96. The van der Waals surface area contributed by atoms with E-state index >= 15 is 0 Å². The maximum absolute atomic E-state index is 13.9. The van der Waals surface area contributed by atoms with Gasteiger partial charge in [0.15, 0.2) is 6.10 Å². The molecule has 0 bridgehead atoms. The second-order valence-electron chi connectivity index (χ2n) is 7.50. The van der Waals surface area contributed by atoms with Crippen molar-refractivity contribution in [1.29, 1.82) is 0 Å². The van der Waals surface area contributed by atoms with Crippen molar-refractivity contribution < 1.29 is 27.9 Å². The molecule has 2 aromatic carbocycles. The van der Waals surface area contributed by atoms with E-state index < -0.39 is 35.5 Å². The van der Waals surface area contributed by atoms with Gasteiger partial charge in [0.05, 0.1) is 11.5 Å². The Morgan fingerprint density at radius 2 is 1.71 bits per heavy atom. The summed E-state index contributed by atoms with van der Waals surface area (Å²) < 4.78 is 32.3. The minimum atomic E-state index is -0.953. The van der Waals surface area contributed by atoms with Crippen LogP contribution in [0.1, 0.15) is 30.1 Å². The smallest absolute Gasteiger partial charge is 0.309 e. The second-order valence-corrected chi connectivity index (χ2v) is 7.50. The molecule has 3 rings (SSSR count). The van der Waals surface area contributed by atoms with Crippen molar-refractivity contribution in [3.8, 4) is 0 Å². The summed E-state index contributed by atoms with van der Waals surface area (Å²) in [6.07, 6.45) is -0.281. The Morgan fingerprint density at radius 3 is 2.32 bits per heavy atom. The fourth-order valence-electron chi connectivity index (χ4n) is 3.52. The zero-order valence-electron chi connectivity index (χ0n) is 17.4. The second kappa shape index (κ2) is 9.68. The Labute approximate surface area is 179 Å². The van der Waals surface area contributed by atoms with Crippen molar-refractivity contribution in [2.24, 2.45) is 5.92 Å². The highest BCUT2D eigenvalue weighted by Crippen LogP contribution is 2.22. The molecule has 0 aromatic heterocycles. The number of nitrogens with zero attached hydrogens (tertiary/aromatic N) is 2. The van der Waals surface area contributed by atoms with Gasteiger partial charge in [-0.2, -0.15) is 0 Å². The van der Waals surface area contributed by atoms with Gasteiger partial charge in [0.25, 0.3) is 11.8 Å². The van der Waals surface area contributed by atoms with Gasteiger partial charge in [-0.25, -0.2) is 8.78 Å². The number of benzene rings is 2. The average Bonchev–Trinajstić information content (AvgIpc) is 2.78. The summed E-state index contributed by atoms with van der Waals surface area (Å²) in [6.45, 7) is 2.00. The first-order valence-electron chi connectivity index (χ1n) is 10.1. The summed E-state index contributed by atoms with van der Waals surface area (Å²) in [4.78, 5) is 40.4. The summed E-state index contributed by atoms with van der Waals surface area (Å²) in [7, 11) is 1.61. The van der Waals surface area contributed by atoms with Crippen molar-refractivity contribution in [3.05, 3.63) is 65.7 Å². The number of likely N-dealkylation sites (N-methyl/N-ethyl adjacent to an activating group) is 1. The summed E-state index contributed by atoms with van der Waals surface area (Å²) in [6, 6.07) is 11.8. The van der Waals surface area contributed by atoms with Crippen LogP contribution >= 0.6 is 0 Å². The van der Waals surface area contributed by atoms with Crippen LogP contribution in [-0.4, -0.2) is 48.9 Å². The van der Waals surface area contributed by atoms with E-state index in [0.717, 1.165) is 12.1 Å². The summed E-state index contributed by atoms with van der Waals surface area (Å²) in [5.74, 6) is -3.52. The first kappa shape index (κ1) is 22.4. The molecule has 8 heteroatoms. The first-order valence-corrected chi connectivity index (χ1v) is 10.1. The molecule has 0 saturated carbocycles. The van der Waals surface area contributed by atoms with Crippen LogP contribution in [0.25, 0.3) is 0 Å². The molecule has 1 aliphatic heterocycles. The van der Waals surface area contributed by atoms with Gasteiger partial charge < -0.3 is 14.5 Å². The zero-order chi connectivity index (χ0) is 22.5. The van der Waals surface area contributed by atoms with E-state index in [2.05, 4.69) is 0 Å². The van der Waals surface area contributed by atoms with E-state index in [1.54, 1.807) is 19.2 Å². The predicted octanol–water partition coefficient (Wildman–Crippen LogP) is 3.41. The van der Waals surface area contributed by atoms with Gasteiger partial charge in [-0.3, -0.25) is 14.4 Å². The Balaban J connectivity index is 1.53. The number of anilines is 1. The van der Waals surface area contributed by atoms with Crippen LogP contribution < -0.4 is 4.90 Å². The number of hydrogen-bond donors (Lipinski definition) is 0. The number of halogens is 2. The molecule has 164 valence electrons. The van der Waals surface area contributed by atoms with Crippen LogP contribution in [0.5, 0.6) is 0 Å². The molecule has 6 nitrogen and oxygen atoms in total. The topological polar surface area (TPSA) is 66.9 Å². The van der Waals surface area contributed by atoms with Gasteiger partial charge in [0.2, 0.25) is 0 Å². The van der Waals surface area contributed by atoms with Gasteiger partial charge in [-0.15, -0.1) is 0 Å². The van der Waals surface area contributed by atoms with E-state index in [4.69, 9.17) is 4.74 Å². The van der Waals surface area contributed by atoms with Gasteiger partial charge >= 0.3 is 5.97 Å².